The van der Waals surface area contributed by atoms with E-state index in [9.17, 15) is 0 Å². The maximum Gasteiger partial charge on any atom is 0.144 e. The molecule has 0 fully saturated rings. The van der Waals surface area contributed by atoms with Gasteiger partial charge >= 0.3 is 0 Å². The molecule has 0 atom stereocenters. The third kappa shape index (κ3) is 2.00. The van der Waals surface area contributed by atoms with Crippen LogP contribution in [0.4, 0.5) is 5.00 Å². The van der Waals surface area contributed by atoms with E-state index in [1.807, 2.05) is 6.07 Å². The number of hydrogen-bond acceptors (Lipinski definition) is 3. The van der Waals surface area contributed by atoms with Crippen LogP contribution < -0.4 is 5.73 Å². The van der Waals surface area contributed by atoms with E-state index in [0.717, 1.165) is 27.4 Å². The predicted octanol–water partition coefficient (Wildman–Crippen LogP) is 4.41. The molecule has 0 aliphatic heterocycles. The molecule has 0 amide bonds. The summed E-state index contributed by atoms with van der Waals surface area (Å²) in [5, 5.41) is 0.836. The highest BCUT2D eigenvalue weighted by molar-refractivity contribution is 7.16. The van der Waals surface area contributed by atoms with Crippen molar-refractivity contribution in [2.45, 2.75) is 33.2 Å². The molecule has 2 N–H and O–H groups in total. The molecule has 2 aromatic heterocycles. The Morgan fingerprint density at radius 1 is 1.20 bits per heavy atom. The molecule has 0 radical (unpaired) electrons. The van der Waals surface area contributed by atoms with Crippen molar-refractivity contribution in [1.29, 1.82) is 0 Å². The molecule has 20 heavy (non-hydrogen) atoms. The number of benzene rings is 1. The van der Waals surface area contributed by atoms with Gasteiger partial charge in [0.2, 0.25) is 0 Å². The number of nitrogens with two attached hydrogens (primary N) is 1. The fourth-order valence-corrected chi connectivity index (χ4v) is 3.38. The number of aryl methyl sites for hydroxylation is 1. The Hall–Kier alpha value is -1.81. The average Bonchev–Trinajstić information content (AvgIpc) is 2.88. The number of rotatable bonds is 1. The summed E-state index contributed by atoms with van der Waals surface area (Å²) in [7, 11) is 0. The Labute approximate surface area is 123 Å². The molecule has 0 saturated heterocycles. The summed E-state index contributed by atoms with van der Waals surface area (Å²) in [6.07, 6.45) is 0. The normalized spacial score (nSPS) is 12.2. The second-order valence-electron chi connectivity index (χ2n) is 6.07. The predicted molar refractivity (Wildman–Crippen MR) is 87.2 cm³/mol. The molecule has 0 saturated carbocycles. The van der Waals surface area contributed by atoms with Gasteiger partial charge in [0.1, 0.15) is 5.82 Å². The lowest BCUT2D eigenvalue weighted by Gasteiger charge is -2.24. The molecular weight excluding hydrogens is 266 g/mol. The van der Waals surface area contributed by atoms with E-state index in [1.54, 1.807) is 11.3 Å². The Balaban J connectivity index is 2.38. The Morgan fingerprint density at radius 2 is 1.90 bits per heavy atom. The van der Waals surface area contributed by atoms with E-state index >= 15 is 0 Å². The molecule has 0 unspecified atom stereocenters. The smallest absolute Gasteiger partial charge is 0.144 e. The molecule has 1 aromatic carbocycles. The first-order valence-corrected chi connectivity index (χ1v) is 7.54. The van der Waals surface area contributed by atoms with Gasteiger partial charge in [-0.05, 0) is 45.9 Å². The van der Waals surface area contributed by atoms with Crippen molar-refractivity contribution in [3.63, 3.8) is 0 Å². The van der Waals surface area contributed by atoms with Crippen LogP contribution in [0.1, 0.15) is 25.6 Å². The minimum absolute atomic E-state index is 0.0479. The second kappa shape index (κ2) is 4.35. The highest BCUT2D eigenvalue weighted by atomic mass is 32.1. The van der Waals surface area contributed by atoms with Crippen LogP contribution in [0.25, 0.3) is 22.4 Å². The summed E-state index contributed by atoms with van der Waals surface area (Å²) in [5.41, 5.74) is 9.33. The highest BCUT2D eigenvalue weighted by Crippen LogP contribution is 2.37. The van der Waals surface area contributed by atoms with Gasteiger partial charge in [0.05, 0.1) is 21.6 Å². The van der Waals surface area contributed by atoms with Crippen LogP contribution in [-0.4, -0.2) is 9.55 Å². The summed E-state index contributed by atoms with van der Waals surface area (Å²) < 4.78 is 2.28. The van der Waals surface area contributed by atoms with Crippen LogP contribution in [0.15, 0.2) is 30.3 Å². The van der Waals surface area contributed by atoms with E-state index in [2.05, 4.69) is 56.5 Å². The number of thiophene rings is 1. The van der Waals surface area contributed by atoms with E-state index in [4.69, 9.17) is 10.7 Å². The minimum atomic E-state index is -0.0479. The van der Waals surface area contributed by atoms with Crippen LogP contribution in [0, 0.1) is 6.92 Å². The molecule has 0 aliphatic rings. The Kier molecular flexibility index (Phi) is 2.87. The van der Waals surface area contributed by atoms with Crippen LogP contribution in [0.3, 0.4) is 0 Å². The van der Waals surface area contributed by atoms with E-state index in [-0.39, 0.29) is 5.54 Å². The van der Waals surface area contributed by atoms with E-state index in [1.165, 1.54) is 4.88 Å². The molecule has 3 aromatic rings. The van der Waals surface area contributed by atoms with Gasteiger partial charge in [-0.1, -0.05) is 12.1 Å². The van der Waals surface area contributed by atoms with Crippen molar-refractivity contribution in [3.05, 3.63) is 35.2 Å². The Morgan fingerprint density at radius 3 is 2.50 bits per heavy atom. The number of hydrogen-bond donors (Lipinski definition) is 1. The fourth-order valence-electron chi connectivity index (χ4n) is 2.59. The minimum Gasteiger partial charge on any atom is -0.390 e. The molecule has 0 spiro atoms. The van der Waals surface area contributed by atoms with Gasteiger partial charge in [-0.15, -0.1) is 11.3 Å². The maximum atomic E-state index is 6.17. The van der Waals surface area contributed by atoms with Crippen LogP contribution in [-0.2, 0) is 5.54 Å². The summed E-state index contributed by atoms with van der Waals surface area (Å²) in [4.78, 5) is 6.03. The summed E-state index contributed by atoms with van der Waals surface area (Å²) in [6, 6.07) is 10.4. The number of imidazole rings is 1. The molecule has 104 valence electrons. The van der Waals surface area contributed by atoms with E-state index in [0.29, 0.717) is 0 Å². The van der Waals surface area contributed by atoms with Gasteiger partial charge in [0.25, 0.3) is 0 Å². The molecule has 4 heteroatoms. The standard InChI is InChI=1S/C16H19N3S/c1-10-9-11(14(17)20-10)15-18-12-7-5-6-8-13(12)19(15)16(2,3)4/h5-9H,17H2,1-4H3. The molecule has 2 heterocycles. The molecular formula is C16H19N3S. The molecule has 0 aliphatic carbocycles. The van der Waals surface area contributed by atoms with Gasteiger partial charge in [0.15, 0.2) is 0 Å². The van der Waals surface area contributed by atoms with Crippen LogP contribution in [0.5, 0.6) is 0 Å². The number of nitrogen functional groups attached to an aromatic ring is 1. The van der Waals surface area contributed by atoms with Gasteiger partial charge in [-0.25, -0.2) is 4.98 Å². The lowest BCUT2D eigenvalue weighted by atomic mass is 10.1. The summed E-state index contributed by atoms with van der Waals surface area (Å²) in [6.45, 7) is 8.66. The molecule has 3 rings (SSSR count). The molecule has 3 nitrogen and oxygen atoms in total. The number of anilines is 1. The lowest BCUT2D eigenvalue weighted by Crippen LogP contribution is -2.22. The first-order chi connectivity index (χ1) is 9.38. The van der Waals surface area contributed by atoms with Crippen LogP contribution >= 0.6 is 11.3 Å². The fraction of sp³-hybridized carbons (Fsp3) is 0.312. The number of para-hydroxylation sites is 2. The number of nitrogens with zero attached hydrogens (tertiary/aromatic N) is 2. The van der Waals surface area contributed by atoms with Gasteiger partial charge in [0, 0.05) is 10.4 Å². The zero-order valence-corrected chi connectivity index (χ0v) is 13.1. The maximum absolute atomic E-state index is 6.17. The number of aromatic nitrogens is 2. The molecule has 0 bridgehead atoms. The first kappa shape index (κ1) is 13.2. The first-order valence-electron chi connectivity index (χ1n) is 6.72. The van der Waals surface area contributed by atoms with Crippen molar-refractivity contribution >= 4 is 27.4 Å². The largest absolute Gasteiger partial charge is 0.390 e. The lowest BCUT2D eigenvalue weighted by molar-refractivity contribution is 0.413. The monoisotopic (exact) mass is 285 g/mol. The van der Waals surface area contributed by atoms with Crippen molar-refractivity contribution in [3.8, 4) is 11.4 Å². The third-order valence-corrected chi connectivity index (χ3v) is 4.24. The van der Waals surface area contributed by atoms with Gasteiger partial charge in [-0.2, -0.15) is 0 Å². The average molecular weight is 285 g/mol. The van der Waals surface area contributed by atoms with E-state index < -0.39 is 0 Å². The topological polar surface area (TPSA) is 43.8 Å². The zero-order valence-electron chi connectivity index (χ0n) is 12.3. The van der Waals surface area contributed by atoms with Crippen molar-refractivity contribution in [2.75, 3.05) is 5.73 Å². The SMILES string of the molecule is Cc1cc(-c2nc3ccccc3n2C(C)(C)C)c(N)s1. The van der Waals surface area contributed by atoms with Crippen LogP contribution in [0.2, 0.25) is 0 Å². The number of fused-ring (bicyclic) bond motifs is 1. The van der Waals surface area contributed by atoms with Gasteiger partial charge < -0.3 is 10.3 Å². The van der Waals surface area contributed by atoms with Crippen molar-refractivity contribution in [1.82, 2.24) is 9.55 Å². The van der Waals surface area contributed by atoms with Crippen molar-refractivity contribution < 1.29 is 0 Å². The Bertz CT molecular complexity index is 775. The summed E-state index contributed by atoms with van der Waals surface area (Å²) >= 11 is 1.62. The second-order valence-corrected chi connectivity index (χ2v) is 7.35. The zero-order chi connectivity index (χ0) is 14.5. The van der Waals surface area contributed by atoms with Gasteiger partial charge in [-0.3, -0.25) is 0 Å². The summed E-state index contributed by atoms with van der Waals surface area (Å²) in [5.74, 6) is 0.959. The van der Waals surface area contributed by atoms with Crippen molar-refractivity contribution in [2.24, 2.45) is 0 Å². The third-order valence-electron chi connectivity index (χ3n) is 3.36. The quantitative estimate of drug-likeness (QED) is 0.719. The highest BCUT2D eigenvalue weighted by Gasteiger charge is 2.23.